The van der Waals surface area contributed by atoms with Crippen LogP contribution < -0.4 is 4.73 Å². The average molecular weight is 378 g/mol. The maximum Gasteiger partial charge on any atom is 0.342 e. The topological polar surface area (TPSA) is 84.0 Å². The van der Waals surface area contributed by atoms with E-state index in [0.29, 0.717) is 16.0 Å². The minimum Gasteiger partial charge on any atom is -0.711 e. The summed E-state index contributed by atoms with van der Waals surface area (Å²) in [5, 5.41) is 18.1. The van der Waals surface area contributed by atoms with E-state index in [0.717, 1.165) is 10.6 Å². The number of aromatic nitrogens is 4. The van der Waals surface area contributed by atoms with Gasteiger partial charge in [0.15, 0.2) is 6.61 Å². The zero-order valence-corrected chi connectivity index (χ0v) is 14.9. The predicted octanol–water partition coefficient (Wildman–Crippen LogP) is 2.99. The van der Waals surface area contributed by atoms with E-state index >= 15 is 0 Å². The molecule has 0 unspecified atom stereocenters. The van der Waals surface area contributed by atoms with Crippen molar-refractivity contribution in [3.63, 3.8) is 0 Å². The molecule has 0 saturated carbocycles. The fourth-order valence-electron chi connectivity index (χ4n) is 2.53. The maximum absolute atomic E-state index is 12.7. The standard InChI is InChI=1S/C19H14N4O3S/c24-19(26-13-17-20-9-5-10-23(17)25)15-12-22(14-6-2-1-3-7-14)21-18(15)16-8-4-11-27-16/h1-12H,13H2. The molecule has 0 amide bonds. The molecule has 3 aromatic heterocycles. The van der Waals surface area contributed by atoms with Gasteiger partial charge in [-0.3, -0.25) is 0 Å². The normalized spacial score (nSPS) is 10.7. The lowest BCUT2D eigenvalue weighted by Gasteiger charge is -2.05. The zero-order valence-electron chi connectivity index (χ0n) is 14.1. The van der Waals surface area contributed by atoms with Crippen LogP contribution in [0, 0.1) is 5.21 Å². The molecule has 0 atom stereocenters. The molecule has 134 valence electrons. The molecule has 0 aliphatic heterocycles. The summed E-state index contributed by atoms with van der Waals surface area (Å²) >= 11 is 1.48. The van der Waals surface area contributed by atoms with Crippen molar-refractivity contribution >= 4 is 17.3 Å². The number of rotatable bonds is 5. The van der Waals surface area contributed by atoms with Crippen LogP contribution in [-0.2, 0) is 11.3 Å². The monoisotopic (exact) mass is 378 g/mol. The SMILES string of the molecule is O=C(OCc1nccc[n+]1[O-])c1cn(-c2ccccc2)nc1-c1cccs1. The van der Waals surface area contributed by atoms with Gasteiger partial charge in [-0.15, -0.1) is 11.3 Å². The minimum atomic E-state index is -0.564. The Morgan fingerprint density at radius 3 is 2.78 bits per heavy atom. The van der Waals surface area contributed by atoms with E-state index in [9.17, 15) is 10.0 Å². The molecule has 8 heteroatoms. The quantitative estimate of drug-likeness (QED) is 0.303. The number of carbonyl (C=O) groups is 1. The van der Waals surface area contributed by atoms with Crippen molar-refractivity contribution in [2.75, 3.05) is 0 Å². The molecule has 0 fully saturated rings. The van der Waals surface area contributed by atoms with Gasteiger partial charge in [-0.1, -0.05) is 24.3 Å². The van der Waals surface area contributed by atoms with Crippen LogP contribution in [0.2, 0.25) is 0 Å². The molecule has 7 nitrogen and oxygen atoms in total. The number of hydrogen-bond acceptors (Lipinski definition) is 6. The van der Waals surface area contributed by atoms with Crippen molar-refractivity contribution in [2.45, 2.75) is 6.61 Å². The van der Waals surface area contributed by atoms with Gasteiger partial charge in [0.2, 0.25) is 0 Å². The molecule has 0 aliphatic carbocycles. The first-order chi connectivity index (χ1) is 13.2. The van der Waals surface area contributed by atoms with Crippen molar-refractivity contribution in [1.29, 1.82) is 0 Å². The Morgan fingerprint density at radius 1 is 1.19 bits per heavy atom. The fourth-order valence-corrected chi connectivity index (χ4v) is 3.25. The van der Waals surface area contributed by atoms with Gasteiger partial charge in [-0.25, -0.2) is 14.2 Å². The summed E-state index contributed by atoms with van der Waals surface area (Å²) < 4.78 is 7.52. The van der Waals surface area contributed by atoms with Gasteiger partial charge in [0.05, 0.1) is 16.8 Å². The van der Waals surface area contributed by atoms with Crippen molar-refractivity contribution in [2.24, 2.45) is 0 Å². The Hall–Kier alpha value is -3.52. The van der Waals surface area contributed by atoms with E-state index in [-0.39, 0.29) is 12.4 Å². The second-order valence-corrected chi connectivity index (χ2v) is 6.53. The Morgan fingerprint density at radius 2 is 2.04 bits per heavy atom. The summed E-state index contributed by atoms with van der Waals surface area (Å²) in [6, 6.07) is 14.8. The fraction of sp³-hybridized carbons (Fsp3) is 0.0526. The zero-order chi connectivity index (χ0) is 18.6. The van der Waals surface area contributed by atoms with E-state index < -0.39 is 5.97 Å². The highest BCUT2D eigenvalue weighted by Crippen LogP contribution is 2.28. The Labute approximate surface area is 158 Å². The highest BCUT2D eigenvalue weighted by molar-refractivity contribution is 7.13. The number of ether oxygens (including phenoxy) is 1. The highest BCUT2D eigenvalue weighted by Gasteiger charge is 2.22. The second-order valence-electron chi connectivity index (χ2n) is 5.59. The smallest absolute Gasteiger partial charge is 0.342 e. The number of hydrogen-bond donors (Lipinski definition) is 0. The maximum atomic E-state index is 12.7. The molecule has 1 aromatic carbocycles. The Kier molecular flexibility index (Phi) is 4.63. The van der Waals surface area contributed by atoms with Crippen LogP contribution in [0.4, 0.5) is 0 Å². The Balaban J connectivity index is 1.65. The number of benzene rings is 1. The molecule has 27 heavy (non-hydrogen) atoms. The number of nitrogens with zero attached hydrogens (tertiary/aromatic N) is 4. The largest absolute Gasteiger partial charge is 0.711 e. The summed E-state index contributed by atoms with van der Waals surface area (Å²) in [7, 11) is 0. The second kappa shape index (κ2) is 7.38. The van der Waals surface area contributed by atoms with Crippen LogP contribution >= 0.6 is 11.3 Å². The van der Waals surface area contributed by atoms with Gasteiger partial charge in [0.1, 0.15) is 17.5 Å². The molecule has 0 aliphatic rings. The van der Waals surface area contributed by atoms with Crippen LogP contribution in [0.5, 0.6) is 0 Å². The molecule has 0 spiro atoms. The van der Waals surface area contributed by atoms with Crippen LogP contribution in [0.25, 0.3) is 16.3 Å². The van der Waals surface area contributed by atoms with Gasteiger partial charge < -0.3 is 9.94 Å². The number of para-hydroxylation sites is 1. The average Bonchev–Trinajstić information content (AvgIpc) is 3.37. The van der Waals surface area contributed by atoms with Crippen LogP contribution in [0.3, 0.4) is 0 Å². The van der Waals surface area contributed by atoms with Crippen molar-refractivity contribution in [3.05, 3.63) is 89.1 Å². The number of esters is 1. The van der Waals surface area contributed by atoms with Gasteiger partial charge >= 0.3 is 11.8 Å². The molecule has 0 radical (unpaired) electrons. The lowest BCUT2D eigenvalue weighted by Crippen LogP contribution is -2.33. The molecule has 0 saturated heterocycles. The van der Waals surface area contributed by atoms with Crippen LogP contribution in [-0.4, -0.2) is 20.7 Å². The molecular formula is C19H14N4O3S. The molecule has 0 bridgehead atoms. The molecule has 4 aromatic rings. The summed E-state index contributed by atoms with van der Waals surface area (Å²) in [5.41, 5.74) is 1.70. The lowest BCUT2D eigenvalue weighted by molar-refractivity contribution is -0.620. The van der Waals surface area contributed by atoms with Gasteiger partial charge in [0.25, 0.3) is 0 Å². The summed E-state index contributed by atoms with van der Waals surface area (Å²) in [5.74, 6) is -0.454. The van der Waals surface area contributed by atoms with E-state index in [2.05, 4.69) is 10.1 Å². The van der Waals surface area contributed by atoms with E-state index in [1.165, 1.54) is 29.8 Å². The summed E-state index contributed by atoms with van der Waals surface area (Å²) in [6.45, 7) is -0.219. The minimum absolute atomic E-state index is 0.110. The summed E-state index contributed by atoms with van der Waals surface area (Å²) in [6.07, 6.45) is 4.42. The highest BCUT2D eigenvalue weighted by atomic mass is 32.1. The first-order valence-electron chi connectivity index (χ1n) is 8.11. The van der Waals surface area contributed by atoms with Gasteiger partial charge in [0, 0.05) is 12.3 Å². The van der Waals surface area contributed by atoms with Crippen molar-refractivity contribution in [3.8, 4) is 16.3 Å². The van der Waals surface area contributed by atoms with Crippen LogP contribution in [0.1, 0.15) is 16.2 Å². The molecule has 4 rings (SSSR count). The third kappa shape index (κ3) is 3.56. The van der Waals surface area contributed by atoms with E-state index in [1.54, 1.807) is 10.9 Å². The van der Waals surface area contributed by atoms with Crippen molar-refractivity contribution < 1.29 is 14.3 Å². The third-order valence-corrected chi connectivity index (χ3v) is 4.70. The van der Waals surface area contributed by atoms with Gasteiger partial charge in [-0.2, -0.15) is 5.10 Å². The molecule has 3 heterocycles. The summed E-state index contributed by atoms with van der Waals surface area (Å²) in [4.78, 5) is 17.5. The number of thiophene rings is 1. The van der Waals surface area contributed by atoms with E-state index in [4.69, 9.17) is 4.74 Å². The number of carbonyl (C=O) groups excluding carboxylic acids is 1. The third-order valence-electron chi connectivity index (χ3n) is 3.83. The molecular weight excluding hydrogens is 364 g/mol. The van der Waals surface area contributed by atoms with E-state index in [1.807, 2.05) is 47.8 Å². The first-order valence-corrected chi connectivity index (χ1v) is 8.99. The lowest BCUT2D eigenvalue weighted by atomic mass is 10.2. The van der Waals surface area contributed by atoms with Crippen LogP contribution in [0.15, 0.2) is 72.5 Å². The Bertz CT molecular complexity index is 1060. The van der Waals surface area contributed by atoms with Gasteiger partial charge in [-0.05, 0) is 28.6 Å². The molecule has 0 N–H and O–H groups in total. The predicted molar refractivity (Wildman–Crippen MR) is 99.2 cm³/mol. The van der Waals surface area contributed by atoms with Crippen molar-refractivity contribution in [1.82, 2.24) is 14.8 Å². The first kappa shape index (κ1) is 16.9.